The third kappa shape index (κ3) is 2.77. The molecule has 1 aromatic carbocycles. The number of piperidine rings is 1. The van der Waals surface area contributed by atoms with Gasteiger partial charge in [-0.05, 0) is 56.1 Å². The molecule has 19 heavy (non-hydrogen) atoms. The minimum Gasteiger partial charge on any atom is -0.497 e. The van der Waals surface area contributed by atoms with Crippen LogP contribution >= 0.6 is 0 Å². The molecule has 104 valence electrons. The van der Waals surface area contributed by atoms with E-state index in [2.05, 4.69) is 41.1 Å². The summed E-state index contributed by atoms with van der Waals surface area (Å²) < 4.78 is 5.20. The highest BCUT2D eigenvalue weighted by atomic mass is 16.5. The molecule has 2 aliphatic heterocycles. The lowest BCUT2D eigenvalue weighted by Gasteiger charge is -2.54. The van der Waals surface area contributed by atoms with Crippen molar-refractivity contribution in [2.45, 2.75) is 19.4 Å². The molecule has 3 rings (SSSR count). The second-order valence-corrected chi connectivity index (χ2v) is 6.30. The number of nitrogens with zero attached hydrogens (tertiary/aromatic N) is 2. The van der Waals surface area contributed by atoms with Crippen molar-refractivity contribution in [2.24, 2.45) is 5.41 Å². The molecule has 1 spiro atoms. The molecule has 0 aromatic heterocycles. The van der Waals surface area contributed by atoms with E-state index in [4.69, 9.17) is 4.74 Å². The van der Waals surface area contributed by atoms with Crippen LogP contribution in [0.25, 0.3) is 0 Å². The monoisotopic (exact) mass is 260 g/mol. The Balaban J connectivity index is 1.50. The number of rotatable bonds is 3. The average Bonchev–Trinajstić information content (AvgIpc) is 2.40. The molecule has 1 aromatic rings. The van der Waals surface area contributed by atoms with Crippen LogP contribution in [0.1, 0.15) is 18.4 Å². The number of methoxy groups -OCH3 is 1. The van der Waals surface area contributed by atoms with Crippen LogP contribution in [0.15, 0.2) is 24.3 Å². The van der Waals surface area contributed by atoms with Crippen LogP contribution in [0.3, 0.4) is 0 Å². The SMILES string of the molecule is COc1ccc(CN2CC3(CCN(C)CC3)C2)cc1. The normalized spacial score (nSPS) is 23.3. The predicted molar refractivity (Wildman–Crippen MR) is 77.4 cm³/mol. The highest BCUT2D eigenvalue weighted by Crippen LogP contribution is 2.40. The van der Waals surface area contributed by atoms with Gasteiger partial charge in [-0.1, -0.05) is 12.1 Å². The maximum atomic E-state index is 5.20. The lowest BCUT2D eigenvalue weighted by Crippen LogP contribution is -2.59. The first-order valence-corrected chi connectivity index (χ1v) is 7.23. The molecule has 0 radical (unpaired) electrons. The fraction of sp³-hybridized carbons (Fsp3) is 0.625. The Morgan fingerprint density at radius 1 is 1.11 bits per heavy atom. The quantitative estimate of drug-likeness (QED) is 0.829. The number of ether oxygens (including phenoxy) is 1. The zero-order valence-electron chi connectivity index (χ0n) is 12.1. The second-order valence-electron chi connectivity index (χ2n) is 6.30. The number of likely N-dealkylation sites (tertiary alicyclic amines) is 2. The first kappa shape index (κ1) is 12.9. The number of hydrogen-bond donors (Lipinski definition) is 0. The Morgan fingerprint density at radius 2 is 1.74 bits per heavy atom. The number of benzene rings is 1. The topological polar surface area (TPSA) is 15.7 Å². The first-order chi connectivity index (χ1) is 9.19. The summed E-state index contributed by atoms with van der Waals surface area (Å²) in [5, 5.41) is 0. The molecule has 0 atom stereocenters. The average molecular weight is 260 g/mol. The smallest absolute Gasteiger partial charge is 0.118 e. The Hall–Kier alpha value is -1.06. The summed E-state index contributed by atoms with van der Waals surface area (Å²) in [6, 6.07) is 8.47. The number of hydrogen-bond acceptors (Lipinski definition) is 3. The van der Waals surface area contributed by atoms with Crippen LogP contribution in [-0.4, -0.2) is 50.1 Å². The highest BCUT2D eigenvalue weighted by Gasteiger charge is 2.43. The molecule has 2 saturated heterocycles. The van der Waals surface area contributed by atoms with Crippen molar-refractivity contribution in [1.29, 1.82) is 0 Å². The van der Waals surface area contributed by atoms with Gasteiger partial charge in [-0.2, -0.15) is 0 Å². The highest BCUT2D eigenvalue weighted by molar-refractivity contribution is 5.27. The summed E-state index contributed by atoms with van der Waals surface area (Å²) in [7, 11) is 3.95. The van der Waals surface area contributed by atoms with E-state index in [0.29, 0.717) is 5.41 Å². The Labute approximate surface area is 116 Å². The largest absolute Gasteiger partial charge is 0.497 e. The third-order valence-electron chi connectivity index (χ3n) is 4.73. The molecule has 0 bridgehead atoms. The maximum Gasteiger partial charge on any atom is 0.118 e. The standard InChI is InChI=1S/C16H24N2O/c1-17-9-7-16(8-10-17)12-18(13-16)11-14-3-5-15(19-2)6-4-14/h3-6H,7-13H2,1-2H3. The van der Waals surface area contributed by atoms with Crippen LogP contribution in [0.4, 0.5) is 0 Å². The predicted octanol–water partition coefficient (Wildman–Crippen LogP) is 2.22. The van der Waals surface area contributed by atoms with Crippen molar-refractivity contribution in [2.75, 3.05) is 40.3 Å². The van der Waals surface area contributed by atoms with Crippen LogP contribution in [0.2, 0.25) is 0 Å². The van der Waals surface area contributed by atoms with Gasteiger partial charge in [0.2, 0.25) is 0 Å². The lowest BCUT2D eigenvalue weighted by molar-refractivity contribution is -0.0470. The zero-order valence-corrected chi connectivity index (χ0v) is 12.1. The zero-order chi connectivity index (χ0) is 13.3. The molecular formula is C16H24N2O. The van der Waals surface area contributed by atoms with E-state index in [-0.39, 0.29) is 0 Å². The van der Waals surface area contributed by atoms with E-state index in [1.54, 1.807) is 7.11 Å². The van der Waals surface area contributed by atoms with Crippen LogP contribution in [0.5, 0.6) is 5.75 Å². The van der Waals surface area contributed by atoms with Crippen LogP contribution in [0, 0.1) is 5.41 Å². The van der Waals surface area contributed by atoms with Gasteiger partial charge in [-0.15, -0.1) is 0 Å². The summed E-state index contributed by atoms with van der Waals surface area (Å²) in [4.78, 5) is 5.03. The minimum atomic E-state index is 0.638. The van der Waals surface area contributed by atoms with Crippen LogP contribution < -0.4 is 4.74 Å². The van der Waals surface area contributed by atoms with Gasteiger partial charge in [0, 0.05) is 19.6 Å². The van der Waals surface area contributed by atoms with Gasteiger partial charge in [-0.25, -0.2) is 0 Å². The maximum absolute atomic E-state index is 5.20. The van der Waals surface area contributed by atoms with Gasteiger partial charge in [0.25, 0.3) is 0 Å². The molecule has 2 aliphatic rings. The van der Waals surface area contributed by atoms with Gasteiger partial charge in [0.1, 0.15) is 5.75 Å². The van der Waals surface area contributed by atoms with Crippen LogP contribution in [-0.2, 0) is 6.54 Å². The van der Waals surface area contributed by atoms with Crippen molar-refractivity contribution < 1.29 is 4.74 Å². The lowest BCUT2D eigenvalue weighted by atomic mass is 9.72. The van der Waals surface area contributed by atoms with Crippen molar-refractivity contribution in [3.63, 3.8) is 0 Å². The molecule has 0 saturated carbocycles. The summed E-state index contributed by atoms with van der Waals surface area (Å²) in [6.45, 7) is 6.20. The van der Waals surface area contributed by atoms with Gasteiger partial charge in [-0.3, -0.25) is 4.90 Å². The van der Waals surface area contributed by atoms with Crippen molar-refractivity contribution in [3.8, 4) is 5.75 Å². The molecule has 0 amide bonds. The third-order valence-corrected chi connectivity index (χ3v) is 4.73. The minimum absolute atomic E-state index is 0.638. The summed E-state index contributed by atoms with van der Waals surface area (Å²) >= 11 is 0. The van der Waals surface area contributed by atoms with Crippen molar-refractivity contribution >= 4 is 0 Å². The van der Waals surface area contributed by atoms with Gasteiger partial charge in [0.15, 0.2) is 0 Å². The fourth-order valence-corrected chi connectivity index (χ4v) is 3.41. The van der Waals surface area contributed by atoms with E-state index in [0.717, 1.165) is 12.3 Å². The van der Waals surface area contributed by atoms with E-state index < -0.39 is 0 Å². The van der Waals surface area contributed by atoms with E-state index in [9.17, 15) is 0 Å². The molecule has 0 N–H and O–H groups in total. The van der Waals surface area contributed by atoms with Crippen molar-refractivity contribution in [3.05, 3.63) is 29.8 Å². The van der Waals surface area contributed by atoms with E-state index >= 15 is 0 Å². The molecule has 3 nitrogen and oxygen atoms in total. The van der Waals surface area contributed by atoms with Crippen molar-refractivity contribution in [1.82, 2.24) is 9.80 Å². The molecular weight excluding hydrogens is 236 g/mol. The Bertz CT molecular complexity index is 413. The second kappa shape index (κ2) is 5.14. The molecule has 2 fully saturated rings. The Morgan fingerprint density at radius 3 is 2.32 bits per heavy atom. The van der Waals surface area contributed by atoms with E-state index in [1.165, 1.54) is 44.6 Å². The summed E-state index contributed by atoms with van der Waals surface area (Å²) in [5.74, 6) is 0.944. The molecule has 0 unspecified atom stereocenters. The molecule has 0 aliphatic carbocycles. The van der Waals surface area contributed by atoms with E-state index in [1.807, 2.05) is 0 Å². The molecule has 2 heterocycles. The fourth-order valence-electron chi connectivity index (χ4n) is 3.41. The van der Waals surface area contributed by atoms with Gasteiger partial charge in [0.05, 0.1) is 7.11 Å². The molecule has 3 heteroatoms. The van der Waals surface area contributed by atoms with Gasteiger partial charge >= 0.3 is 0 Å². The Kier molecular flexibility index (Phi) is 3.50. The summed E-state index contributed by atoms with van der Waals surface area (Å²) in [5.41, 5.74) is 2.03. The first-order valence-electron chi connectivity index (χ1n) is 7.23. The van der Waals surface area contributed by atoms with Gasteiger partial charge < -0.3 is 9.64 Å². The summed E-state index contributed by atoms with van der Waals surface area (Å²) in [6.07, 6.45) is 2.76.